The highest BCUT2D eigenvalue weighted by molar-refractivity contribution is 6.13. The van der Waals surface area contributed by atoms with E-state index >= 15 is 0 Å². The molecule has 0 bridgehead atoms. The summed E-state index contributed by atoms with van der Waals surface area (Å²) >= 11 is 0. The van der Waals surface area contributed by atoms with E-state index in [0.717, 1.165) is 33.3 Å². The van der Waals surface area contributed by atoms with E-state index in [0.29, 0.717) is 0 Å². The van der Waals surface area contributed by atoms with Gasteiger partial charge in [0.15, 0.2) is 0 Å². The van der Waals surface area contributed by atoms with Crippen molar-refractivity contribution in [1.82, 2.24) is 9.13 Å². The number of nitrogens with zero attached hydrogens (tertiary/aromatic N) is 2. The Balaban J connectivity index is 1.07. The third kappa shape index (κ3) is 4.25. The van der Waals surface area contributed by atoms with Crippen molar-refractivity contribution >= 4 is 65.6 Å². The first-order valence-corrected chi connectivity index (χ1v) is 17.4. The molecule has 8 aromatic carbocycles. The van der Waals surface area contributed by atoms with Crippen molar-refractivity contribution in [3.8, 4) is 33.6 Å². The molecule has 0 radical (unpaired) electrons. The summed E-state index contributed by atoms with van der Waals surface area (Å²) in [6, 6.07) is 65.6. The van der Waals surface area contributed by atoms with Gasteiger partial charge in [0.25, 0.3) is 0 Å². The molecule has 11 rings (SSSR count). The summed E-state index contributed by atoms with van der Waals surface area (Å²) in [6.45, 7) is 0. The second kappa shape index (κ2) is 10.8. The number of para-hydroxylation sites is 3. The van der Waals surface area contributed by atoms with Crippen LogP contribution in [-0.2, 0) is 0 Å². The maximum atomic E-state index is 6.30. The highest BCUT2D eigenvalue weighted by Crippen LogP contribution is 2.39. The molecular weight excluding hydrogens is 621 g/mol. The number of hydrogen-bond acceptors (Lipinski definition) is 1. The third-order valence-electron chi connectivity index (χ3n) is 10.5. The van der Waals surface area contributed by atoms with E-state index in [-0.39, 0.29) is 0 Å². The fourth-order valence-electron chi connectivity index (χ4n) is 8.17. The molecule has 3 heteroatoms. The molecule has 0 saturated heterocycles. The van der Waals surface area contributed by atoms with Crippen LogP contribution in [0.1, 0.15) is 0 Å². The Labute approximate surface area is 293 Å². The molecule has 3 heterocycles. The van der Waals surface area contributed by atoms with Crippen LogP contribution in [0.15, 0.2) is 186 Å². The van der Waals surface area contributed by atoms with Crippen LogP contribution in [0.4, 0.5) is 0 Å². The van der Waals surface area contributed by atoms with Crippen molar-refractivity contribution in [3.05, 3.63) is 182 Å². The number of furan rings is 1. The van der Waals surface area contributed by atoms with E-state index in [1.54, 1.807) is 0 Å². The predicted molar refractivity (Wildman–Crippen MR) is 213 cm³/mol. The summed E-state index contributed by atoms with van der Waals surface area (Å²) in [5, 5.41) is 7.24. The fraction of sp³-hybridized carbons (Fsp3) is 0. The molecule has 0 saturated carbocycles. The van der Waals surface area contributed by atoms with E-state index in [1.807, 2.05) is 12.1 Å². The molecule has 51 heavy (non-hydrogen) atoms. The average Bonchev–Trinajstić information content (AvgIpc) is 3.85. The van der Waals surface area contributed by atoms with Crippen LogP contribution in [0, 0.1) is 0 Å². The highest BCUT2D eigenvalue weighted by atomic mass is 16.3. The van der Waals surface area contributed by atoms with Crippen LogP contribution in [0.2, 0.25) is 0 Å². The van der Waals surface area contributed by atoms with Gasteiger partial charge in [0.05, 0.1) is 22.1 Å². The summed E-state index contributed by atoms with van der Waals surface area (Å²) in [7, 11) is 0. The monoisotopic (exact) mass is 650 g/mol. The van der Waals surface area contributed by atoms with Gasteiger partial charge in [-0.25, -0.2) is 0 Å². The number of hydrogen-bond donors (Lipinski definition) is 0. The summed E-state index contributed by atoms with van der Waals surface area (Å²) in [5.74, 6) is 0. The summed E-state index contributed by atoms with van der Waals surface area (Å²) in [5.41, 5.74) is 13.6. The van der Waals surface area contributed by atoms with Crippen LogP contribution >= 0.6 is 0 Å². The quantitative estimate of drug-likeness (QED) is 0.186. The number of aromatic nitrogens is 2. The average molecular weight is 651 g/mol. The first-order valence-electron chi connectivity index (χ1n) is 17.4. The summed E-state index contributed by atoms with van der Waals surface area (Å²) < 4.78 is 11.1. The minimum absolute atomic E-state index is 0.899. The van der Waals surface area contributed by atoms with Crippen LogP contribution < -0.4 is 0 Å². The summed E-state index contributed by atoms with van der Waals surface area (Å²) in [4.78, 5) is 0. The van der Waals surface area contributed by atoms with Crippen molar-refractivity contribution in [2.45, 2.75) is 0 Å². The van der Waals surface area contributed by atoms with E-state index in [4.69, 9.17) is 4.42 Å². The van der Waals surface area contributed by atoms with E-state index in [9.17, 15) is 0 Å². The molecule has 0 aliphatic rings. The smallest absolute Gasteiger partial charge is 0.137 e. The second-order valence-corrected chi connectivity index (χ2v) is 13.4. The molecule has 0 unspecified atom stereocenters. The molecule has 0 amide bonds. The number of benzene rings is 8. The maximum absolute atomic E-state index is 6.30. The zero-order chi connectivity index (χ0) is 33.5. The molecule has 238 valence electrons. The van der Waals surface area contributed by atoms with Crippen LogP contribution in [-0.4, -0.2) is 9.13 Å². The molecule has 3 nitrogen and oxygen atoms in total. The van der Waals surface area contributed by atoms with Gasteiger partial charge in [-0.2, -0.15) is 0 Å². The second-order valence-electron chi connectivity index (χ2n) is 13.4. The van der Waals surface area contributed by atoms with Crippen molar-refractivity contribution in [2.24, 2.45) is 0 Å². The normalized spacial score (nSPS) is 11.9. The first-order chi connectivity index (χ1) is 25.3. The Kier molecular flexibility index (Phi) is 5.96. The van der Waals surface area contributed by atoms with Crippen molar-refractivity contribution in [2.75, 3.05) is 0 Å². The lowest BCUT2D eigenvalue weighted by Gasteiger charge is -2.11. The van der Waals surface area contributed by atoms with E-state index in [2.05, 4.69) is 179 Å². The van der Waals surface area contributed by atoms with Crippen molar-refractivity contribution in [1.29, 1.82) is 0 Å². The standard InChI is InChI=1S/C48H30N2O/c1-2-11-31(12-3-1)32-13-10-14-35(27-32)49-43-18-7-4-15-37(43)41-28-33(21-25-45(41)49)34-22-26-46-42(29-34)38-16-5-8-19-44(38)50(46)36-23-24-40-39-17-6-9-20-47(39)51-48(40)30-36/h1-30H. The van der Waals surface area contributed by atoms with Gasteiger partial charge in [0.2, 0.25) is 0 Å². The van der Waals surface area contributed by atoms with Crippen LogP contribution in [0.3, 0.4) is 0 Å². The molecule has 0 aliphatic heterocycles. The van der Waals surface area contributed by atoms with E-state index < -0.39 is 0 Å². The zero-order valence-electron chi connectivity index (χ0n) is 27.6. The van der Waals surface area contributed by atoms with Gasteiger partial charge >= 0.3 is 0 Å². The van der Waals surface area contributed by atoms with Gasteiger partial charge in [-0.05, 0) is 89.0 Å². The van der Waals surface area contributed by atoms with Gasteiger partial charge in [0.1, 0.15) is 11.2 Å². The Morgan fingerprint density at radius 2 is 0.784 bits per heavy atom. The Morgan fingerprint density at radius 1 is 0.275 bits per heavy atom. The maximum Gasteiger partial charge on any atom is 0.137 e. The highest BCUT2D eigenvalue weighted by Gasteiger charge is 2.17. The summed E-state index contributed by atoms with van der Waals surface area (Å²) in [6.07, 6.45) is 0. The topological polar surface area (TPSA) is 23.0 Å². The van der Waals surface area contributed by atoms with Gasteiger partial charge in [0, 0.05) is 49.8 Å². The molecule has 11 aromatic rings. The molecule has 3 aromatic heterocycles. The fourth-order valence-corrected chi connectivity index (χ4v) is 8.17. The SMILES string of the molecule is c1ccc(-c2cccc(-n3c4ccccc4c4cc(-c5ccc6c(c5)c5ccccc5n6-c5ccc6c(c5)oc5ccccc56)ccc43)c2)cc1. The van der Waals surface area contributed by atoms with Crippen LogP contribution in [0.5, 0.6) is 0 Å². The Bertz CT molecular complexity index is 3140. The molecule has 0 aliphatic carbocycles. The number of rotatable bonds is 4. The minimum atomic E-state index is 0.899. The largest absolute Gasteiger partial charge is 0.456 e. The van der Waals surface area contributed by atoms with Crippen molar-refractivity contribution < 1.29 is 4.42 Å². The molecule has 0 spiro atoms. The third-order valence-corrected chi connectivity index (χ3v) is 10.5. The zero-order valence-corrected chi connectivity index (χ0v) is 27.6. The molecule has 0 N–H and O–H groups in total. The van der Waals surface area contributed by atoms with Crippen LogP contribution in [0.25, 0.3) is 99.2 Å². The molecule has 0 atom stereocenters. The lowest BCUT2D eigenvalue weighted by molar-refractivity contribution is 0.668. The minimum Gasteiger partial charge on any atom is -0.456 e. The van der Waals surface area contributed by atoms with Crippen molar-refractivity contribution in [3.63, 3.8) is 0 Å². The lowest BCUT2D eigenvalue weighted by Crippen LogP contribution is -1.94. The van der Waals surface area contributed by atoms with Gasteiger partial charge in [-0.3, -0.25) is 0 Å². The van der Waals surface area contributed by atoms with Gasteiger partial charge in [-0.15, -0.1) is 0 Å². The first kappa shape index (κ1) is 28.0. The lowest BCUT2D eigenvalue weighted by atomic mass is 10.0. The number of fused-ring (bicyclic) bond motifs is 9. The van der Waals surface area contributed by atoms with Gasteiger partial charge < -0.3 is 13.6 Å². The predicted octanol–water partition coefficient (Wildman–Crippen LogP) is 13.1. The Hall–Kier alpha value is -6.84. The van der Waals surface area contributed by atoms with Gasteiger partial charge in [-0.1, -0.05) is 109 Å². The Morgan fingerprint density at radius 3 is 1.47 bits per heavy atom. The molecular formula is C48H30N2O. The molecule has 0 fully saturated rings. The van der Waals surface area contributed by atoms with E-state index in [1.165, 1.54) is 65.9 Å².